The van der Waals surface area contributed by atoms with Gasteiger partial charge in [0.2, 0.25) is 21.8 Å². The van der Waals surface area contributed by atoms with Crippen molar-refractivity contribution < 1.29 is 18.0 Å². The van der Waals surface area contributed by atoms with Crippen molar-refractivity contribution >= 4 is 27.5 Å². The van der Waals surface area contributed by atoms with Gasteiger partial charge in [-0.05, 0) is 75.9 Å². The zero-order valence-corrected chi connectivity index (χ0v) is 21.3. The molecular formula is C25H38N4O4S. The molecule has 0 saturated carbocycles. The number of piperidine rings is 1. The third kappa shape index (κ3) is 5.47. The fraction of sp³-hybridized carbons (Fsp3) is 0.680. The molecule has 1 aromatic carbocycles. The summed E-state index contributed by atoms with van der Waals surface area (Å²) in [5.41, 5.74) is 1.69. The highest BCUT2D eigenvalue weighted by Gasteiger charge is 2.34. The molecule has 34 heavy (non-hydrogen) atoms. The van der Waals surface area contributed by atoms with E-state index in [1.54, 1.807) is 23.1 Å². The molecule has 1 unspecified atom stereocenters. The summed E-state index contributed by atoms with van der Waals surface area (Å²) in [5, 5.41) is 3.07. The van der Waals surface area contributed by atoms with Gasteiger partial charge in [0.05, 0.1) is 4.90 Å². The van der Waals surface area contributed by atoms with E-state index < -0.39 is 10.0 Å². The van der Waals surface area contributed by atoms with Crippen molar-refractivity contribution in [3.8, 4) is 0 Å². The number of fused-ring (bicyclic) bond motifs is 1. The molecule has 8 nitrogen and oxygen atoms in total. The molecule has 4 rings (SSSR count). The van der Waals surface area contributed by atoms with Crippen LogP contribution in [0.5, 0.6) is 0 Å². The van der Waals surface area contributed by atoms with E-state index in [9.17, 15) is 18.0 Å². The topological polar surface area (TPSA) is 90.0 Å². The summed E-state index contributed by atoms with van der Waals surface area (Å²) < 4.78 is 28.0. The van der Waals surface area contributed by atoms with E-state index in [0.717, 1.165) is 30.9 Å². The van der Waals surface area contributed by atoms with Crippen LogP contribution in [0.2, 0.25) is 0 Å². The first-order chi connectivity index (χ1) is 16.3. The molecule has 0 bridgehead atoms. The van der Waals surface area contributed by atoms with Gasteiger partial charge in [0, 0.05) is 50.7 Å². The molecule has 1 atom stereocenters. The molecular weight excluding hydrogens is 452 g/mol. The fourth-order valence-corrected chi connectivity index (χ4v) is 7.12. The number of carbonyl (C=O) groups excluding carboxylic acids is 2. The van der Waals surface area contributed by atoms with Crippen LogP contribution in [-0.2, 0) is 26.0 Å². The molecule has 2 fully saturated rings. The van der Waals surface area contributed by atoms with Gasteiger partial charge in [0.1, 0.15) is 0 Å². The van der Waals surface area contributed by atoms with Crippen LogP contribution in [0.15, 0.2) is 23.1 Å². The summed E-state index contributed by atoms with van der Waals surface area (Å²) in [6, 6.07) is 5.09. The van der Waals surface area contributed by atoms with Crippen LogP contribution < -0.4 is 10.2 Å². The highest BCUT2D eigenvalue weighted by atomic mass is 32.2. The van der Waals surface area contributed by atoms with Gasteiger partial charge in [0.25, 0.3) is 0 Å². The second-order valence-electron chi connectivity index (χ2n) is 9.96. The van der Waals surface area contributed by atoms with E-state index in [1.165, 1.54) is 36.9 Å². The Morgan fingerprint density at radius 3 is 2.35 bits per heavy atom. The highest BCUT2D eigenvalue weighted by molar-refractivity contribution is 7.89. The standard InChI is InChI=1S/C25H38N4O4S/c1-19-17-22-18-23(7-8-24(22)29(19)20(2)30)34(32,33)28-14-9-21(10-15-28)25(31)26-11-16-27-12-5-3-4-6-13-27/h7-8,18-19,21H,3-6,9-17H2,1-2H3,(H,26,31). The molecule has 1 aromatic rings. The van der Waals surface area contributed by atoms with E-state index in [1.807, 2.05) is 6.92 Å². The minimum atomic E-state index is -3.63. The average molecular weight is 491 g/mol. The number of anilines is 1. The minimum absolute atomic E-state index is 0.0269. The van der Waals surface area contributed by atoms with Crippen molar-refractivity contribution in [3.05, 3.63) is 23.8 Å². The Labute approximate surface area is 203 Å². The van der Waals surface area contributed by atoms with Crippen LogP contribution in [0.4, 0.5) is 5.69 Å². The van der Waals surface area contributed by atoms with Gasteiger partial charge in [-0.2, -0.15) is 4.31 Å². The number of hydrogen-bond acceptors (Lipinski definition) is 5. The van der Waals surface area contributed by atoms with Crippen molar-refractivity contribution in [2.75, 3.05) is 44.2 Å². The number of carbonyl (C=O) groups is 2. The lowest BCUT2D eigenvalue weighted by Crippen LogP contribution is -2.44. The number of likely N-dealkylation sites (tertiary alicyclic amines) is 1. The van der Waals surface area contributed by atoms with Gasteiger partial charge in [-0.15, -0.1) is 0 Å². The maximum Gasteiger partial charge on any atom is 0.243 e. The van der Waals surface area contributed by atoms with Gasteiger partial charge in [0.15, 0.2) is 0 Å². The molecule has 3 heterocycles. The number of benzene rings is 1. The molecule has 2 saturated heterocycles. The van der Waals surface area contributed by atoms with Crippen LogP contribution in [0, 0.1) is 5.92 Å². The van der Waals surface area contributed by atoms with Crippen molar-refractivity contribution in [2.45, 2.75) is 69.7 Å². The number of rotatable bonds is 6. The van der Waals surface area contributed by atoms with Crippen molar-refractivity contribution in [3.63, 3.8) is 0 Å². The third-order valence-corrected chi connectivity index (χ3v) is 9.39. The lowest BCUT2D eigenvalue weighted by atomic mass is 9.97. The Bertz CT molecular complexity index is 996. The molecule has 3 aliphatic rings. The first-order valence-electron chi connectivity index (χ1n) is 12.7. The molecule has 9 heteroatoms. The van der Waals surface area contributed by atoms with E-state index in [2.05, 4.69) is 10.2 Å². The summed E-state index contributed by atoms with van der Waals surface area (Å²) in [6.45, 7) is 7.96. The molecule has 2 amide bonds. The number of amides is 2. The van der Waals surface area contributed by atoms with Crippen LogP contribution in [-0.4, -0.2) is 74.7 Å². The highest BCUT2D eigenvalue weighted by Crippen LogP contribution is 2.35. The molecule has 0 spiro atoms. The lowest BCUT2D eigenvalue weighted by molar-refractivity contribution is -0.126. The molecule has 188 valence electrons. The molecule has 1 N–H and O–H groups in total. The van der Waals surface area contributed by atoms with Crippen molar-refractivity contribution in [1.29, 1.82) is 0 Å². The number of sulfonamides is 1. The van der Waals surface area contributed by atoms with E-state index in [-0.39, 0.29) is 28.7 Å². The SMILES string of the molecule is CC(=O)N1c2ccc(S(=O)(=O)N3CCC(C(=O)NCCN4CCCCCC4)CC3)cc2CC1C. The van der Waals surface area contributed by atoms with E-state index in [0.29, 0.717) is 38.9 Å². The van der Waals surface area contributed by atoms with E-state index >= 15 is 0 Å². The fourth-order valence-electron chi connectivity index (χ4n) is 5.60. The second kappa shape index (κ2) is 10.7. The predicted octanol–water partition coefficient (Wildman–Crippen LogP) is 2.38. The summed E-state index contributed by atoms with van der Waals surface area (Å²) >= 11 is 0. The van der Waals surface area contributed by atoms with Crippen LogP contribution >= 0.6 is 0 Å². The smallest absolute Gasteiger partial charge is 0.243 e. The van der Waals surface area contributed by atoms with Gasteiger partial charge in [-0.25, -0.2) is 8.42 Å². The second-order valence-corrected chi connectivity index (χ2v) is 11.9. The van der Waals surface area contributed by atoms with Crippen LogP contribution in [0.3, 0.4) is 0 Å². The van der Waals surface area contributed by atoms with Crippen LogP contribution in [0.25, 0.3) is 0 Å². The number of nitrogens with one attached hydrogen (secondary N) is 1. The summed E-state index contributed by atoms with van der Waals surface area (Å²) in [6.07, 6.45) is 6.79. The first kappa shape index (κ1) is 25.1. The average Bonchev–Trinajstić information content (AvgIpc) is 2.95. The maximum atomic E-state index is 13.3. The van der Waals surface area contributed by atoms with Gasteiger partial charge < -0.3 is 15.1 Å². The predicted molar refractivity (Wildman–Crippen MR) is 132 cm³/mol. The van der Waals surface area contributed by atoms with Crippen molar-refractivity contribution in [2.24, 2.45) is 5.92 Å². The van der Waals surface area contributed by atoms with Crippen molar-refractivity contribution in [1.82, 2.24) is 14.5 Å². The number of nitrogens with zero attached hydrogens (tertiary/aromatic N) is 3. The zero-order chi connectivity index (χ0) is 24.3. The Morgan fingerprint density at radius 1 is 1.03 bits per heavy atom. The minimum Gasteiger partial charge on any atom is -0.355 e. The largest absolute Gasteiger partial charge is 0.355 e. The zero-order valence-electron chi connectivity index (χ0n) is 20.5. The maximum absolute atomic E-state index is 13.3. The molecule has 0 radical (unpaired) electrons. The Morgan fingerprint density at radius 2 is 1.71 bits per heavy atom. The Hall–Kier alpha value is -1.97. The summed E-state index contributed by atoms with van der Waals surface area (Å²) in [5.74, 6) is -0.128. The Kier molecular flexibility index (Phi) is 7.94. The summed E-state index contributed by atoms with van der Waals surface area (Å²) in [7, 11) is -3.63. The van der Waals surface area contributed by atoms with Crippen LogP contribution in [0.1, 0.15) is 57.9 Å². The molecule has 3 aliphatic heterocycles. The van der Waals surface area contributed by atoms with Gasteiger partial charge in [-0.3, -0.25) is 9.59 Å². The van der Waals surface area contributed by atoms with Gasteiger partial charge in [-0.1, -0.05) is 12.8 Å². The van der Waals surface area contributed by atoms with Gasteiger partial charge >= 0.3 is 0 Å². The summed E-state index contributed by atoms with van der Waals surface area (Å²) in [4.78, 5) is 29.0. The normalized spacial score (nSPS) is 22.9. The number of hydrogen-bond donors (Lipinski definition) is 1. The quantitative estimate of drug-likeness (QED) is 0.661. The lowest BCUT2D eigenvalue weighted by Gasteiger charge is -2.31. The third-order valence-electron chi connectivity index (χ3n) is 7.49. The Balaban J connectivity index is 1.30. The first-order valence-corrected chi connectivity index (χ1v) is 14.1. The molecule has 0 aromatic heterocycles. The monoisotopic (exact) mass is 490 g/mol. The molecule has 0 aliphatic carbocycles. The van der Waals surface area contributed by atoms with E-state index in [4.69, 9.17) is 0 Å².